The summed E-state index contributed by atoms with van der Waals surface area (Å²) in [5.74, 6) is 0.432. The molecule has 4 rings (SSSR count). The zero-order valence-electron chi connectivity index (χ0n) is 11.5. The van der Waals surface area contributed by atoms with E-state index in [4.69, 9.17) is 0 Å². The minimum atomic E-state index is -0.362. The minimum Gasteiger partial charge on any atom is -0.335 e. The van der Waals surface area contributed by atoms with E-state index in [9.17, 15) is 9.59 Å². The maximum absolute atomic E-state index is 12.3. The van der Waals surface area contributed by atoms with Gasteiger partial charge in [-0.2, -0.15) is 0 Å². The minimum absolute atomic E-state index is 0.154. The molecule has 8 nitrogen and oxygen atoms in total. The van der Waals surface area contributed by atoms with Crippen LogP contribution in [0.4, 0.5) is 0 Å². The number of carbonyl (C=O) groups excluding carboxylic acids is 1. The van der Waals surface area contributed by atoms with E-state index in [0.29, 0.717) is 24.7 Å². The summed E-state index contributed by atoms with van der Waals surface area (Å²) < 4.78 is 1.88. The number of amides is 1. The molecule has 1 aliphatic heterocycles. The van der Waals surface area contributed by atoms with Crippen LogP contribution in [0.5, 0.6) is 0 Å². The number of likely N-dealkylation sites (tertiary alicyclic amines) is 1. The molecule has 21 heavy (non-hydrogen) atoms. The number of hydrogen-bond donors (Lipinski definition) is 2. The molecule has 1 unspecified atom stereocenters. The second-order valence-corrected chi connectivity index (χ2v) is 5.75. The first-order chi connectivity index (χ1) is 10.2. The molecule has 2 aromatic heterocycles. The standard InChI is InChI=1S/C13H16N6O2/c20-12(10-5-14-13(21)15-10)18-4-3-9(6-18)19-7-11(16-17-19)8-1-2-8/h5,7-9H,1-4,6H2,(H2,14,15,21). The molecular formula is C13H16N6O2. The van der Waals surface area contributed by atoms with E-state index >= 15 is 0 Å². The van der Waals surface area contributed by atoms with Crippen LogP contribution in [0.1, 0.15) is 47.4 Å². The van der Waals surface area contributed by atoms with Gasteiger partial charge in [-0.25, -0.2) is 9.48 Å². The van der Waals surface area contributed by atoms with Gasteiger partial charge < -0.3 is 14.9 Å². The largest absolute Gasteiger partial charge is 0.335 e. The van der Waals surface area contributed by atoms with Gasteiger partial charge in [0.25, 0.3) is 5.91 Å². The van der Waals surface area contributed by atoms with Crippen LogP contribution in [0.15, 0.2) is 17.2 Å². The first-order valence-electron chi connectivity index (χ1n) is 7.19. The van der Waals surface area contributed by atoms with Gasteiger partial charge in [0.2, 0.25) is 0 Å². The molecule has 0 aromatic carbocycles. The van der Waals surface area contributed by atoms with Gasteiger partial charge in [0.05, 0.1) is 11.7 Å². The van der Waals surface area contributed by atoms with Gasteiger partial charge in [0.1, 0.15) is 5.69 Å². The van der Waals surface area contributed by atoms with Crippen LogP contribution in [0.2, 0.25) is 0 Å². The number of aromatic amines is 2. The maximum Gasteiger partial charge on any atom is 0.323 e. The Hall–Kier alpha value is -2.38. The predicted octanol–water partition coefficient (Wildman–Crippen LogP) is 0.259. The number of carbonyl (C=O) groups is 1. The Morgan fingerprint density at radius 2 is 2.19 bits per heavy atom. The molecule has 8 heteroatoms. The molecule has 0 spiro atoms. The summed E-state index contributed by atoms with van der Waals surface area (Å²) in [6.45, 7) is 1.26. The van der Waals surface area contributed by atoms with Crippen LogP contribution in [-0.2, 0) is 0 Å². The molecule has 2 N–H and O–H groups in total. The molecule has 1 atom stereocenters. The molecule has 1 amide bonds. The summed E-state index contributed by atoms with van der Waals surface area (Å²) in [5, 5.41) is 8.41. The van der Waals surface area contributed by atoms with Crippen LogP contribution in [0.3, 0.4) is 0 Å². The lowest BCUT2D eigenvalue weighted by Crippen LogP contribution is -2.29. The van der Waals surface area contributed by atoms with Crippen molar-refractivity contribution in [3.05, 3.63) is 34.3 Å². The highest BCUT2D eigenvalue weighted by Gasteiger charge is 2.31. The number of aromatic nitrogens is 5. The Bertz CT molecular complexity index is 725. The SMILES string of the molecule is O=C(c1c[nH]c(=O)[nH]1)N1CCC(n2cc(C3CC3)nn2)C1. The third-order valence-electron chi connectivity index (χ3n) is 4.17. The van der Waals surface area contributed by atoms with Gasteiger partial charge in [-0.3, -0.25) is 4.79 Å². The van der Waals surface area contributed by atoms with E-state index in [0.717, 1.165) is 12.1 Å². The Kier molecular flexibility index (Phi) is 2.69. The molecule has 0 bridgehead atoms. The van der Waals surface area contributed by atoms with Crippen molar-refractivity contribution >= 4 is 5.91 Å². The van der Waals surface area contributed by atoms with E-state index < -0.39 is 0 Å². The van der Waals surface area contributed by atoms with Crippen molar-refractivity contribution in [1.82, 2.24) is 29.9 Å². The van der Waals surface area contributed by atoms with Crippen LogP contribution in [0.25, 0.3) is 0 Å². The van der Waals surface area contributed by atoms with Gasteiger partial charge in [-0.1, -0.05) is 5.21 Å². The lowest BCUT2D eigenvalue weighted by molar-refractivity contribution is 0.0781. The van der Waals surface area contributed by atoms with Crippen molar-refractivity contribution in [2.24, 2.45) is 0 Å². The summed E-state index contributed by atoms with van der Waals surface area (Å²) in [6.07, 6.45) is 6.69. The van der Waals surface area contributed by atoms with Crippen molar-refractivity contribution in [3.8, 4) is 0 Å². The van der Waals surface area contributed by atoms with Gasteiger partial charge in [0, 0.05) is 31.4 Å². The second-order valence-electron chi connectivity index (χ2n) is 5.75. The van der Waals surface area contributed by atoms with Crippen molar-refractivity contribution in [1.29, 1.82) is 0 Å². The Balaban J connectivity index is 1.46. The highest BCUT2D eigenvalue weighted by atomic mass is 16.2. The van der Waals surface area contributed by atoms with E-state index in [1.54, 1.807) is 4.90 Å². The van der Waals surface area contributed by atoms with Crippen LogP contribution < -0.4 is 5.69 Å². The molecule has 1 saturated heterocycles. The van der Waals surface area contributed by atoms with Crippen LogP contribution in [-0.4, -0.2) is 48.9 Å². The van der Waals surface area contributed by atoms with E-state index in [1.165, 1.54) is 19.0 Å². The smallest absolute Gasteiger partial charge is 0.323 e. The van der Waals surface area contributed by atoms with Crippen molar-refractivity contribution in [2.45, 2.75) is 31.2 Å². The predicted molar refractivity (Wildman–Crippen MR) is 73.0 cm³/mol. The highest BCUT2D eigenvalue weighted by molar-refractivity contribution is 5.92. The molecule has 2 aliphatic rings. The Morgan fingerprint density at radius 3 is 2.90 bits per heavy atom. The molecule has 1 saturated carbocycles. The molecule has 1 aliphatic carbocycles. The van der Waals surface area contributed by atoms with Gasteiger partial charge in [0.15, 0.2) is 0 Å². The fourth-order valence-electron chi connectivity index (χ4n) is 2.79. The summed E-state index contributed by atoms with van der Waals surface area (Å²) in [5.41, 5.74) is 1.01. The fourth-order valence-corrected chi connectivity index (χ4v) is 2.79. The number of hydrogen-bond acceptors (Lipinski definition) is 4. The molecular weight excluding hydrogens is 272 g/mol. The maximum atomic E-state index is 12.3. The average molecular weight is 288 g/mol. The zero-order chi connectivity index (χ0) is 14.4. The molecule has 2 fully saturated rings. The number of nitrogens with one attached hydrogen (secondary N) is 2. The van der Waals surface area contributed by atoms with Gasteiger partial charge >= 0.3 is 5.69 Å². The van der Waals surface area contributed by atoms with Crippen molar-refractivity contribution < 1.29 is 4.79 Å². The Morgan fingerprint density at radius 1 is 1.33 bits per heavy atom. The topological polar surface area (TPSA) is 99.7 Å². The third-order valence-corrected chi connectivity index (χ3v) is 4.17. The fraction of sp³-hybridized carbons (Fsp3) is 0.538. The van der Waals surface area contributed by atoms with Gasteiger partial charge in [-0.05, 0) is 19.3 Å². The van der Waals surface area contributed by atoms with Crippen molar-refractivity contribution in [3.63, 3.8) is 0 Å². The van der Waals surface area contributed by atoms with E-state index in [1.807, 2.05) is 10.9 Å². The first-order valence-corrected chi connectivity index (χ1v) is 7.19. The molecule has 110 valence electrons. The van der Waals surface area contributed by atoms with Crippen molar-refractivity contribution in [2.75, 3.05) is 13.1 Å². The van der Waals surface area contributed by atoms with Crippen LogP contribution in [0, 0.1) is 0 Å². The number of H-pyrrole nitrogens is 2. The molecule has 0 radical (unpaired) electrons. The van der Waals surface area contributed by atoms with Gasteiger partial charge in [-0.15, -0.1) is 5.10 Å². The summed E-state index contributed by atoms with van der Waals surface area (Å²) in [6, 6.07) is 0.166. The lowest BCUT2D eigenvalue weighted by Gasteiger charge is -2.15. The molecule has 3 heterocycles. The molecule has 2 aromatic rings. The monoisotopic (exact) mass is 288 g/mol. The Labute approximate surface area is 120 Å². The lowest BCUT2D eigenvalue weighted by atomic mass is 10.2. The number of nitrogens with zero attached hydrogens (tertiary/aromatic N) is 4. The first kappa shape index (κ1) is 12.4. The van der Waals surface area contributed by atoms with E-state index in [2.05, 4.69) is 20.3 Å². The summed E-state index contributed by atoms with van der Waals surface area (Å²) in [4.78, 5) is 30.0. The quantitative estimate of drug-likeness (QED) is 0.846. The summed E-state index contributed by atoms with van der Waals surface area (Å²) in [7, 11) is 0. The second kappa shape index (κ2) is 4.57. The summed E-state index contributed by atoms with van der Waals surface area (Å²) >= 11 is 0. The normalized spacial score (nSPS) is 21.9. The number of imidazole rings is 1. The van der Waals surface area contributed by atoms with E-state index in [-0.39, 0.29) is 17.6 Å². The third kappa shape index (κ3) is 2.26. The highest BCUT2D eigenvalue weighted by Crippen LogP contribution is 2.39. The van der Waals surface area contributed by atoms with Crippen LogP contribution >= 0.6 is 0 Å². The number of rotatable bonds is 3. The zero-order valence-corrected chi connectivity index (χ0v) is 11.5. The average Bonchev–Trinajstić information content (AvgIpc) is 2.94.